The number of ether oxygens (including phenoxy) is 1. The minimum atomic E-state index is -0.0303. The zero-order valence-electron chi connectivity index (χ0n) is 8.84. The number of hydrogen-bond acceptors (Lipinski definition) is 2. The molecule has 76 valence electrons. The lowest BCUT2D eigenvalue weighted by Crippen LogP contribution is -2.34. The number of hydrogen-bond donors (Lipinski definition) is 1. The number of aliphatic hydroxyl groups excluding tert-OH is 1. The third kappa shape index (κ3) is 2.55. The molecule has 1 rings (SSSR count). The van der Waals surface area contributed by atoms with E-state index in [1.54, 1.807) is 7.11 Å². The molecule has 0 aromatic rings. The molecular formula is C11H20O2. The first-order valence-corrected chi connectivity index (χ1v) is 4.94. The zero-order valence-corrected chi connectivity index (χ0v) is 8.84. The Balaban J connectivity index is 2.54. The Labute approximate surface area is 80.6 Å². The van der Waals surface area contributed by atoms with Gasteiger partial charge in [0.2, 0.25) is 0 Å². The van der Waals surface area contributed by atoms with Crippen molar-refractivity contribution >= 4 is 0 Å². The van der Waals surface area contributed by atoms with Gasteiger partial charge in [0, 0.05) is 7.11 Å². The third-order valence-electron chi connectivity index (χ3n) is 3.22. The van der Waals surface area contributed by atoms with E-state index in [-0.39, 0.29) is 12.2 Å². The van der Waals surface area contributed by atoms with Gasteiger partial charge < -0.3 is 9.84 Å². The quantitative estimate of drug-likeness (QED) is 0.681. The summed E-state index contributed by atoms with van der Waals surface area (Å²) in [5, 5.41) is 8.94. The van der Waals surface area contributed by atoms with Crippen LogP contribution in [0.25, 0.3) is 0 Å². The Morgan fingerprint density at radius 1 is 1.62 bits per heavy atom. The highest BCUT2D eigenvalue weighted by Crippen LogP contribution is 2.33. The highest BCUT2D eigenvalue weighted by Gasteiger charge is 2.29. The molecule has 0 unspecified atom stereocenters. The van der Waals surface area contributed by atoms with Crippen molar-refractivity contribution in [1.29, 1.82) is 0 Å². The van der Waals surface area contributed by atoms with Gasteiger partial charge in [0.05, 0.1) is 12.2 Å². The van der Waals surface area contributed by atoms with Gasteiger partial charge in [-0.3, -0.25) is 0 Å². The first kappa shape index (κ1) is 10.7. The van der Waals surface area contributed by atoms with Crippen LogP contribution in [0.2, 0.25) is 0 Å². The van der Waals surface area contributed by atoms with Crippen molar-refractivity contribution in [1.82, 2.24) is 0 Å². The number of aliphatic hydroxyl groups is 1. The monoisotopic (exact) mass is 184 g/mol. The Morgan fingerprint density at radius 2 is 2.31 bits per heavy atom. The fraction of sp³-hybridized carbons (Fsp3) is 0.818. The van der Waals surface area contributed by atoms with E-state index in [1.807, 2.05) is 0 Å². The molecule has 0 amide bonds. The molecule has 1 N–H and O–H groups in total. The number of methoxy groups -OCH3 is 1. The van der Waals surface area contributed by atoms with E-state index in [9.17, 15) is 0 Å². The normalized spacial score (nSPS) is 24.3. The highest BCUT2D eigenvalue weighted by atomic mass is 16.5. The summed E-state index contributed by atoms with van der Waals surface area (Å²) >= 11 is 0. The molecule has 0 saturated heterocycles. The smallest absolute Gasteiger partial charge is 0.0653 e. The predicted molar refractivity (Wildman–Crippen MR) is 53.6 cm³/mol. The maximum atomic E-state index is 8.94. The van der Waals surface area contributed by atoms with E-state index in [1.165, 1.54) is 5.57 Å². The summed E-state index contributed by atoms with van der Waals surface area (Å²) in [6, 6.07) is 0. The lowest BCUT2D eigenvalue weighted by molar-refractivity contribution is -0.0315. The van der Waals surface area contributed by atoms with Crippen LogP contribution in [-0.2, 0) is 4.74 Å². The van der Waals surface area contributed by atoms with Crippen LogP contribution >= 0.6 is 0 Å². The molecule has 2 heteroatoms. The molecular weight excluding hydrogens is 164 g/mol. The van der Waals surface area contributed by atoms with Gasteiger partial charge in [-0.1, -0.05) is 6.08 Å². The molecule has 1 atom stereocenters. The molecule has 0 radical (unpaired) electrons. The molecule has 0 aromatic heterocycles. The van der Waals surface area contributed by atoms with Crippen molar-refractivity contribution in [2.45, 2.75) is 38.7 Å². The van der Waals surface area contributed by atoms with Gasteiger partial charge in [-0.15, -0.1) is 0 Å². The van der Waals surface area contributed by atoms with Crippen LogP contribution in [-0.4, -0.2) is 24.4 Å². The molecule has 0 fully saturated rings. The molecule has 0 spiro atoms. The van der Waals surface area contributed by atoms with Gasteiger partial charge in [-0.05, 0) is 44.6 Å². The SMILES string of the molecule is COC(C)(C)[C@H]1CC=C(CO)CC1. The standard InChI is InChI=1S/C11H20O2/c1-11(2,13-3)10-6-4-9(8-12)5-7-10/h4,10,12H,5-8H2,1-3H3/t10-/m0/s1. The van der Waals surface area contributed by atoms with Crippen molar-refractivity contribution in [3.05, 3.63) is 11.6 Å². The second-order valence-electron chi connectivity index (χ2n) is 4.30. The summed E-state index contributed by atoms with van der Waals surface area (Å²) in [5.41, 5.74) is 1.15. The van der Waals surface area contributed by atoms with E-state index in [2.05, 4.69) is 19.9 Å². The lowest BCUT2D eigenvalue weighted by Gasteiger charge is -2.35. The fourth-order valence-corrected chi connectivity index (χ4v) is 1.83. The predicted octanol–water partition coefficient (Wildman–Crippen LogP) is 2.13. The van der Waals surface area contributed by atoms with Gasteiger partial charge in [-0.25, -0.2) is 0 Å². The molecule has 0 aliphatic heterocycles. The van der Waals surface area contributed by atoms with Crippen molar-refractivity contribution in [2.75, 3.05) is 13.7 Å². The lowest BCUT2D eigenvalue weighted by atomic mass is 9.79. The second kappa shape index (κ2) is 4.25. The van der Waals surface area contributed by atoms with Crippen LogP contribution in [0.1, 0.15) is 33.1 Å². The summed E-state index contributed by atoms with van der Waals surface area (Å²) in [6.07, 6.45) is 5.35. The van der Waals surface area contributed by atoms with Crippen molar-refractivity contribution in [3.8, 4) is 0 Å². The Kier molecular flexibility index (Phi) is 3.51. The van der Waals surface area contributed by atoms with Crippen molar-refractivity contribution in [2.24, 2.45) is 5.92 Å². The summed E-state index contributed by atoms with van der Waals surface area (Å²) in [7, 11) is 1.77. The van der Waals surface area contributed by atoms with Gasteiger partial charge >= 0.3 is 0 Å². The molecule has 0 saturated carbocycles. The Bertz CT molecular complexity index is 194. The minimum absolute atomic E-state index is 0.0303. The second-order valence-corrected chi connectivity index (χ2v) is 4.30. The highest BCUT2D eigenvalue weighted by molar-refractivity contribution is 5.08. The van der Waals surface area contributed by atoms with Crippen molar-refractivity contribution < 1.29 is 9.84 Å². The summed E-state index contributed by atoms with van der Waals surface area (Å²) < 4.78 is 5.45. The Hall–Kier alpha value is -0.340. The zero-order chi connectivity index (χ0) is 9.90. The van der Waals surface area contributed by atoms with Gasteiger partial charge in [0.15, 0.2) is 0 Å². The topological polar surface area (TPSA) is 29.5 Å². The van der Waals surface area contributed by atoms with Gasteiger partial charge in [0.1, 0.15) is 0 Å². The fourth-order valence-electron chi connectivity index (χ4n) is 1.83. The average Bonchev–Trinajstić information content (AvgIpc) is 2.18. The van der Waals surface area contributed by atoms with Crippen LogP contribution < -0.4 is 0 Å². The molecule has 1 aliphatic rings. The average molecular weight is 184 g/mol. The first-order chi connectivity index (χ1) is 6.10. The van der Waals surface area contributed by atoms with Crippen LogP contribution in [0.4, 0.5) is 0 Å². The number of allylic oxidation sites excluding steroid dienone is 1. The molecule has 1 aliphatic carbocycles. The Morgan fingerprint density at radius 3 is 2.69 bits per heavy atom. The molecule has 2 nitrogen and oxygen atoms in total. The maximum Gasteiger partial charge on any atom is 0.0653 e. The minimum Gasteiger partial charge on any atom is -0.392 e. The van der Waals surface area contributed by atoms with Gasteiger partial charge in [0.25, 0.3) is 0 Å². The molecule has 13 heavy (non-hydrogen) atoms. The van der Waals surface area contributed by atoms with Crippen LogP contribution in [0.15, 0.2) is 11.6 Å². The van der Waals surface area contributed by atoms with E-state index in [0.717, 1.165) is 19.3 Å². The van der Waals surface area contributed by atoms with Gasteiger partial charge in [-0.2, -0.15) is 0 Å². The third-order valence-corrected chi connectivity index (χ3v) is 3.22. The molecule has 0 bridgehead atoms. The number of rotatable bonds is 3. The van der Waals surface area contributed by atoms with Crippen LogP contribution in [0.3, 0.4) is 0 Å². The van der Waals surface area contributed by atoms with Crippen LogP contribution in [0, 0.1) is 5.92 Å². The maximum absolute atomic E-state index is 8.94. The van der Waals surface area contributed by atoms with E-state index in [4.69, 9.17) is 9.84 Å². The van der Waals surface area contributed by atoms with E-state index >= 15 is 0 Å². The first-order valence-electron chi connectivity index (χ1n) is 4.94. The van der Waals surface area contributed by atoms with Crippen LogP contribution in [0.5, 0.6) is 0 Å². The largest absolute Gasteiger partial charge is 0.392 e. The van der Waals surface area contributed by atoms with E-state index < -0.39 is 0 Å². The summed E-state index contributed by atoms with van der Waals surface area (Å²) in [5.74, 6) is 0.591. The van der Waals surface area contributed by atoms with E-state index in [0.29, 0.717) is 5.92 Å². The molecule has 0 aromatic carbocycles. The molecule has 0 heterocycles. The summed E-state index contributed by atoms with van der Waals surface area (Å²) in [6.45, 7) is 4.49. The van der Waals surface area contributed by atoms with Crippen molar-refractivity contribution in [3.63, 3.8) is 0 Å². The summed E-state index contributed by atoms with van der Waals surface area (Å²) in [4.78, 5) is 0.